The molecule has 0 saturated carbocycles. The van der Waals surface area contributed by atoms with Crippen molar-refractivity contribution >= 4 is 5.91 Å². The third-order valence-electron chi connectivity index (χ3n) is 4.19. The average Bonchev–Trinajstić information content (AvgIpc) is 2.76. The average molecular weight is 274 g/mol. The third kappa shape index (κ3) is 3.60. The zero-order valence-electron chi connectivity index (χ0n) is 12.9. The molecular weight excluding hydrogens is 248 g/mol. The summed E-state index contributed by atoms with van der Waals surface area (Å²) in [4.78, 5) is 14.1. The van der Waals surface area contributed by atoms with Crippen LogP contribution in [0, 0.1) is 12.8 Å². The number of nitrogens with zero attached hydrogens (tertiary/aromatic N) is 1. The molecule has 1 saturated heterocycles. The molecule has 0 radical (unpaired) electrons. The van der Waals surface area contributed by atoms with Crippen LogP contribution in [0.1, 0.15) is 43.4 Å². The van der Waals surface area contributed by atoms with E-state index in [-0.39, 0.29) is 6.04 Å². The Kier molecular flexibility index (Phi) is 5.18. The zero-order chi connectivity index (χ0) is 14.5. The van der Waals surface area contributed by atoms with Crippen LogP contribution in [0.5, 0.6) is 0 Å². The molecular formula is C17H26N2O. The summed E-state index contributed by atoms with van der Waals surface area (Å²) in [6.45, 7) is 6.00. The third-order valence-corrected chi connectivity index (χ3v) is 4.19. The molecule has 1 aliphatic heterocycles. The van der Waals surface area contributed by atoms with Crippen LogP contribution in [0.2, 0.25) is 0 Å². The number of hydrogen-bond acceptors (Lipinski definition) is 2. The van der Waals surface area contributed by atoms with E-state index in [1.54, 1.807) is 0 Å². The maximum atomic E-state index is 12.1. The van der Waals surface area contributed by atoms with Gasteiger partial charge in [0.2, 0.25) is 5.91 Å². The maximum Gasteiger partial charge on any atom is 0.222 e. The van der Waals surface area contributed by atoms with Gasteiger partial charge in [-0.25, -0.2) is 0 Å². The van der Waals surface area contributed by atoms with E-state index in [0.717, 1.165) is 25.9 Å². The van der Waals surface area contributed by atoms with Crippen molar-refractivity contribution in [3.05, 3.63) is 35.4 Å². The van der Waals surface area contributed by atoms with Gasteiger partial charge < -0.3 is 10.2 Å². The minimum absolute atomic E-state index is 0.222. The Hall–Kier alpha value is -1.35. The lowest BCUT2D eigenvalue weighted by Gasteiger charge is -2.24. The number of rotatable bonds is 6. The number of carbonyl (C=O) groups excluding carboxylic acids is 1. The van der Waals surface area contributed by atoms with Gasteiger partial charge in [-0.2, -0.15) is 0 Å². The van der Waals surface area contributed by atoms with Crippen molar-refractivity contribution in [3.63, 3.8) is 0 Å². The Bertz CT molecular complexity index is 458. The Morgan fingerprint density at radius 1 is 1.45 bits per heavy atom. The van der Waals surface area contributed by atoms with Gasteiger partial charge >= 0.3 is 0 Å². The van der Waals surface area contributed by atoms with E-state index in [9.17, 15) is 4.79 Å². The summed E-state index contributed by atoms with van der Waals surface area (Å²) < 4.78 is 0. The molecule has 0 aromatic heterocycles. The highest BCUT2D eigenvalue weighted by molar-refractivity contribution is 5.78. The van der Waals surface area contributed by atoms with E-state index in [0.29, 0.717) is 11.8 Å². The van der Waals surface area contributed by atoms with Crippen LogP contribution < -0.4 is 5.32 Å². The highest BCUT2D eigenvalue weighted by Crippen LogP contribution is 2.25. The lowest BCUT2D eigenvalue weighted by molar-refractivity contribution is -0.128. The second kappa shape index (κ2) is 6.89. The number of nitrogens with one attached hydrogen (secondary N) is 1. The topological polar surface area (TPSA) is 32.3 Å². The standard InChI is InChI=1S/C17H26N2O/c1-4-6-14-10-17(20)19(11-14)12-16(18-3)15-8-5-7-13(2)9-15/h5,7-9,14,16,18H,4,6,10-12H2,1-3H3. The summed E-state index contributed by atoms with van der Waals surface area (Å²) in [5.74, 6) is 0.874. The van der Waals surface area contributed by atoms with E-state index in [2.05, 4.69) is 43.4 Å². The molecule has 1 amide bonds. The molecule has 2 rings (SSSR count). The van der Waals surface area contributed by atoms with Crippen molar-refractivity contribution in [1.29, 1.82) is 0 Å². The van der Waals surface area contributed by atoms with Gasteiger partial charge in [-0.1, -0.05) is 43.2 Å². The minimum atomic E-state index is 0.222. The first kappa shape index (κ1) is 15.0. The molecule has 1 fully saturated rings. The fraction of sp³-hybridized carbons (Fsp3) is 0.588. The number of amides is 1. The molecule has 0 spiro atoms. The first-order valence-corrected chi connectivity index (χ1v) is 7.65. The van der Waals surface area contributed by atoms with Crippen molar-refractivity contribution in [1.82, 2.24) is 10.2 Å². The summed E-state index contributed by atoms with van der Waals surface area (Å²) >= 11 is 0. The van der Waals surface area contributed by atoms with Crippen LogP contribution in [0.3, 0.4) is 0 Å². The quantitative estimate of drug-likeness (QED) is 0.865. The SMILES string of the molecule is CCCC1CC(=O)N(CC(NC)c2cccc(C)c2)C1. The largest absolute Gasteiger partial charge is 0.340 e. The predicted molar refractivity (Wildman–Crippen MR) is 82.6 cm³/mol. The molecule has 1 aromatic rings. The van der Waals surface area contributed by atoms with E-state index >= 15 is 0 Å². The number of likely N-dealkylation sites (N-methyl/N-ethyl adjacent to an activating group) is 1. The number of hydrogen-bond donors (Lipinski definition) is 1. The summed E-state index contributed by atoms with van der Waals surface area (Å²) in [6, 6.07) is 8.75. The lowest BCUT2D eigenvalue weighted by Crippen LogP contribution is -2.35. The second-order valence-electron chi connectivity index (χ2n) is 5.91. The summed E-state index contributed by atoms with van der Waals surface area (Å²) in [6.07, 6.45) is 3.06. The number of benzene rings is 1. The zero-order valence-corrected chi connectivity index (χ0v) is 12.9. The normalized spacial score (nSPS) is 20.4. The van der Waals surface area contributed by atoms with Crippen molar-refractivity contribution in [2.24, 2.45) is 5.92 Å². The molecule has 2 atom stereocenters. The molecule has 1 N–H and O–H groups in total. The fourth-order valence-corrected chi connectivity index (χ4v) is 3.10. The van der Waals surface area contributed by atoms with E-state index in [1.165, 1.54) is 17.5 Å². The fourth-order valence-electron chi connectivity index (χ4n) is 3.10. The molecule has 1 aromatic carbocycles. The van der Waals surface area contributed by atoms with Gasteiger partial charge in [-0.15, -0.1) is 0 Å². The predicted octanol–water partition coefficient (Wildman–Crippen LogP) is 2.90. The number of aryl methyl sites for hydroxylation is 1. The van der Waals surface area contributed by atoms with Gasteiger partial charge in [0.05, 0.1) is 0 Å². The molecule has 110 valence electrons. The van der Waals surface area contributed by atoms with Crippen molar-refractivity contribution in [3.8, 4) is 0 Å². The first-order chi connectivity index (χ1) is 9.63. The van der Waals surface area contributed by atoms with Crippen molar-refractivity contribution in [2.45, 2.75) is 39.2 Å². The molecule has 1 heterocycles. The van der Waals surface area contributed by atoms with Crippen LogP contribution in [0.4, 0.5) is 0 Å². The molecule has 0 aliphatic carbocycles. The molecule has 2 unspecified atom stereocenters. The van der Waals surface area contributed by atoms with Gasteiger partial charge in [0.1, 0.15) is 0 Å². The first-order valence-electron chi connectivity index (χ1n) is 7.65. The Balaban J connectivity index is 2.02. The van der Waals surface area contributed by atoms with Crippen LogP contribution in [0.15, 0.2) is 24.3 Å². The monoisotopic (exact) mass is 274 g/mol. The van der Waals surface area contributed by atoms with Gasteiger partial charge in [0.25, 0.3) is 0 Å². The number of likely N-dealkylation sites (tertiary alicyclic amines) is 1. The molecule has 3 heteroatoms. The molecule has 3 nitrogen and oxygen atoms in total. The smallest absolute Gasteiger partial charge is 0.222 e. The summed E-state index contributed by atoms with van der Waals surface area (Å²) in [7, 11) is 1.97. The highest BCUT2D eigenvalue weighted by atomic mass is 16.2. The van der Waals surface area contributed by atoms with Crippen LogP contribution >= 0.6 is 0 Å². The number of carbonyl (C=O) groups is 1. The summed E-state index contributed by atoms with van der Waals surface area (Å²) in [5, 5.41) is 3.35. The van der Waals surface area contributed by atoms with Gasteiger partial charge in [0, 0.05) is 25.6 Å². The highest BCUT2D eigenvalue weighted by Gasteiger charge is 2.30. The van der Waals surface area contributed by atoms with Crippen molar-refractivity contribution in [2.75, 3.05) is 20.1 Å². The van der Waals surface area contributed by atoms with Crippen LogP contribution in [-0.4, -0.2) is 30.9 Å². The molecule has 1 aliphatic rings. The second-order valence-corrected chi connectivity index (χ2v) is 5.91. The van der Waals surface area contributed by atoms with E-state index in [1.807, 2.05) is 11.9 Å². The molecule has 20 heavy (non-hydrogen) atoms. The van der Waals surface area contributed by atoms with Gasteiger partial charge in [0.15, 0.2) is 0 Å². The maximum absolute atomic E-state index is 12.1. The van der Waals surface area contributed by atoms with Crippen LogP contribution in [0.25, 0.3) is 0 Å². The Morgan fingerprint density at radius 2 is 2.25 bits per heavy atom. The Labute approximate surface area is 122 Å². The molecule has 0 bridgehead atoms. The minimum Gasteiger partial charge on any atom is -0.340 e. The van der Waals surface area contributed by atoms with Crippen molar-refractivity contribution < 1.29 is 4.79 Å². The van der Waals surface area contributed by atoms with E-state index < -0.39 is 0 Å². The van der Waals surface area contributed by atoms with Gasteiger partial charge in [-0.05, 0) is 31.9 Å². The van der Waals surface area contributed by atoms with Gasteiger partial charge in [-0.3, -0.25) is 4.79 Å². The van der Waals surface area contributed by atoms with Crippen LogP contribution in [-0.2, 0) is 4.79 Å². The Morgan fingerprint density at radius 3 is 2.90 bits per heavy atom. The summed E-state index contributed by atoms with van der Waals surface area (Å²) in [5.41, 5.74) is 2.53. The lowest BCUT2D eigenvalue weighted by atomic mass is 10.0. The van der Waals surface area contributed by atoms with E-state index in [4.69, 9.17) is 0 Å².